The second-order valence-corrected chi connectivity index (χ2v) is 6.27. The third kappa shape index (κ3) is 8.06. The van der Waals surface area contributed by atoms with Crippen LogP contribution in [0.4, 0.5) is 0 Å². The summed E-state index contributed by atoms with van der Waals surface area (Å²) in [5.74, 6) is 1.51. The smallest absolute Gasteiger partial charge is 0.220 e. The molecule has 1 aliphatic carbocycles. The highest BCUT2D eigenvalue weighted by Gasteiger charge is 2.17. The molecule has 0 saturated heterocycles. The zero-order valence-corrected chi connectivity index (χ0v) is 17.6. The van der Waals surface area contributed by atoms with Gasteiger partial charge in [-0.1, -0.05) is 12.8 Å². The van der Waals surface area contributed by atoms with Gasteiger partial charge in [-0.2, -0.15) is 5.10 Å². The van der Waals surface area contributed by atoms with Crippen LogP contribution in [0.5, 0.6) is 0 Å². The first-order valence-electron chi connectivity index (χ1n) is 8.94. The molecular formula is C17H31IN6O. The molecule has 1 aromatic rings. The molecule has 0 spiro atoms. The molecule has 2 rings (SSSR count). The number of carbonyl (C=O) groups excluding carboxylic acids is 1. The van der Waals surface area contributed by atoms with E-state index >= 15 is 0 Å². The van der Waals surface area contributed by atoms with Gasteiger partial charge in [0.05, 0.1) is 12.2 Å². The van der Waals surface area contributed by atoms with Crippen LogP contribution in [-0.2, 0) is 18.4 Å². The highest BCUT2D eigenvalue weighted by Crippen LogP contribution is 2.27. The fourth-order valence-corrected chi connectivity index (χ4v) is 2.99. The van der Waals surface area contributed by atoms with Crippen LogP contribution in [0.2, 0.25) is 0 Å². The Balaban J connectivity index is 0.00000312. The quantitative estimate of drug-likeness (QED) is 0.238. The Labute approximate surface area is 167 Å². The molecule has 0 bridgehead atoms. The van der Waals surface area contributed by atoms with Crippen LogP contribution in [-0.4, -0.2) is 41.3 Å². The SMILES string of the molecule is CCNC(=NCc1ccnn1C)NCCNC(=O)CC1CCCC1.I. The summed E-state index contributed by atoms with van der Waals surface area (Å²) in [6.07, 6.45) is 7.41. The molecule has 0 atom stereocenters. The van der Waals surface area contributed by atoms with Gasteiger partial charge in [0.1, 0.15) is 0 Å². The second kappa shape index (κ2) is 12.1. The Morgan fingerprint density at radius 1 is 1.28 bits per heavy atom. The highest BCUT2D eigenvalue weighted by molar-refractivity contribution is 14.0. The number of hydrogen-bond acceptors (Lipinski definition) is 3. The minimum Gasteiger partial charge on any atom is -0.357 e. The van der Waals surface area contributed by atoms with Crippen molar-refractivity contribution in [3.05, 3.63) is 18.0 Å². The molecule has 1 amide bonds. The predicted octanol–water partition coefficient (Wildman–Crippen LogP) is 1.79. The van der Waals surface area contributed by atoms with Crippen molar-refractivity contribution in [2.75, 3.05) is 19.6 Å². The van der Waals surface area contributed by atoms with Crippen molar-refractivity contribution in [2.45, 2.75) is 45.6 Å². The molecule has 8 heteroatoms. The second-order valence-electron chi connectivity index (χ2n) is 6.27. The van der Waals surface area contributed by atoms with Crippen molar-refractivity contribution < 1.29 is 4.79 Å². The van der Waals surface area contributed by atoms with Gasteiger partial charge in [-0.15, -0.1) is 24.0 Å². The summed E-state index contributed by atoms with van der Waals surface area (Å²) in [5.41, 5.74) is 1.05. The van der Waals surface area contributed by atoms with E-state index in [-0.39, 0.29) is 29.9 Å². The van der Waals surface area contributed by atoms with Crippen molar-refractivity contribution in [1.29, 1.82) is 0 Å². The fraction of sp³-hybridized carbons (Fsp3) is 0.706. The third-order valence-corrected chi connectivity index (χ3v) is 4.35. The molecule has 25 heavy (non-hydrogen) atoms. The Morgan fingerprint density at radius 3 is 2.64 bits per heavy atom. The van der Waals surface area contributed by atoms with Crippen molar-refractivity contribution in [3.63, 3.8) is 0 Å². The van der Waals surface area contributed by atoms with Gasteiger partial charge >= 0.3 is 0 Å². The van der Waals surface area contributed by atoms with Crippen LogP contribution >= 0.6 is 24.0 Å². The van der Waals surface area contributed by atoms with Gasteiger partial charge in [0.15, 0.2) is 5.96 Å². The van der Waals surface area contributed by atoms with E-state index in [0.29, 0.717) is 32.0 Å². The summed E-state index contributed by atoms with van der Waals surface area (Å²) < 4.78 is 1.82. The number of aromatic nitrogens is 2. The number of carbonyl (C=O) groups is 1. The topological polar surface area (TPSA) is 83.3 Å². The molecule has 1 aromatic heterocycles. The van der Waals surface area contributed by atoms with Crippen LogP contribution in [0.15, 0.2) is 17.3 Å². The van der Waals surface area contributed by atoms with Crippen LogP contribution in [0.3, 0.4) is 0 Å². The molecule has 1 saturated carbocycles. The number of aryl methyl sites for hydroxylation is 1. The van der Waals surface area contributed by atoms with Gasteiger partial charge in [0.25, 0.3) is 0 Å². The summed E-state index contributed by atoms with van der Waals surface area (Å²) in [6, 6.07) is 1.95. The summed E-state index contributed by atoms with van der Waals surface area (Å²) in [7, 11) is 1.91. The average Bonchev–Trinajstić information content (AvgIpc) is 3.21. The molecule has 0 unspecified atom stereocenters. The normalized spacial score (nSPS) is 14.9. The lowest BCUT2D eigenvalue weighted by Gasteiger charge is -2.13. The first-order valence-corrected chi connectivity index (χ1v) is 8.94. The number of amides is 1. The highest BCUT2D eigenvalue weighted by atomic mass is 127. The minimum absolute atomic E-state index is 0. The van der Waals surface area contributed by atoms with E-state index in [1.54, 1.807) is 6.20 Å². The number of nitrogens with one attached hydrogen (secondary N) is 3. The number of guanidine groups is 1. The molecule has 0 radical (unpaired) electrons. The lowest BCUT2D eigenvalue weighted by atomic mass is 10.0. The molecule has 142 valence electrons. The predicted molar refractivity (Wildman–Crippen MR) is 111 cm³/mol. The van der Waals surface area contributed by atoms with E-state index in [9.17, 15) is 4.79 Å². The number of halogens is 1. The summed E-state index contributed by atoms with van der Waals surface area (Å²) in [4.78, 5) is 16.4. The number of aliphatic imine (C=N–C) groups is 1. The average molecular weight is 462 g/mol. The van der Waals surface area contributed by atoms with Gasteiger partial charge in [0, 0.05) is 39.3 Å². The molecule has 1 aliphatic rings. The molecule has 0 aliphatic heterocycles. The maximum absolute atomic E-state index is 11.9. The van der Waals surface area contributed by atoms with Crippen LogP contribution in [0.1, 0.15) is 44.7 Å². The van der Waals surface area contributed by atoms with E-state index in [1.807, 2.05) is 24.7 Å². The number of hydrogen-bond donors (Lipinski definition) is 3. The summed E-state index contributed by atoms with van der Waals surface area (Å²) >= 11 is 0. The number of nitrogens with zero attached hydrogens (tertiary/aromatic N) is 3. The van der Waals surface area contributed by atoms with Gasteiger partial charge in [-0.05, 0) is 31.7 Å². The fourth-order valence-electron chi connectivity index (χ4n) is 2.99. The van der Waals surface area contributed by atoms with Crippen LogP contribution < -0.4 is 16.0 Å². The zero-order chi connectivity index (χ0) is 17.2. The van der Waals surface area contributed by atoms with Gasteiger partial charge in [-0.25, -0.2) is 4.99 Å². The molecular weight excluding hydrogens is 431 g/mol. The van der Waals surface area contributed by atoms with Crippen molar-refractivity contribution >= 4 is 35.8 Å². The molecule has 0 aromatic carbocycles. The first kappa shape index (κ1) is 21.7. The largest absolute Gasteiger partial charge is 0.357 e. The van der Waals surface area contributed by atoms with E-state index in [4.69, 9.17) is 0 Å². The monoisotopic (exact) mass is 462 g/mol. The molecule has 7 nitrogen and oxygen atoms in total. The van der Waals surface area contributed by atoms with Gasteiger partial charge < -0.3 is 16.0 Å². The van der Waals surface area contributed by atoms with E-state index in [1.165, 1.54) is 25.7 Å². The minimum atomic E-state index is 0. The van der Waals surface area contributed by atoms with Crippen LogP contribution in [0, 0.1) is 5.92 Å². The lowest BCUT2D eigenvalue weighted by molar-refractivity contribution is -0.121. The van der Waals surface area contributed by atoms with Crippen molar-refractivity contribution in [2.24, 2.45) is 18.0 Å². The standard InChI is InChI=1S/C17H30N6O.HI/c1-3-18-17(21-13-15-8-9-22-23(15)2)20-11-10-19-16(24)12-14-6-4-5-7-14;/h8-9,14H,3-7,10-13H2,1-2H3,(H,19,24)(H2,18,20,21);1H. The summed E-state index contributed by atoms with van der Waals surface area (Å²) in [6.45, 7) is 4.67. The van der Waals surface area contributed by atoms with Gasteiger partial charge in [0.2, 0.25) is 5.91 Å². The van der Waals surface area contributed by atoms with Crippen molar-refractivity contribution in [3.8, 4) is 0 Å². The molecule has 3 N–H and O–H groups in total. The lowest BCUT2D eigenvalue weighted by Crippen LogP contribution is -2.41. The molecule has 1 fully saturated rings. The Kier molecular flexibility index (Phi) is 10.5. The van der Waals surface area contributed by atoms with E-state index < -0.39 is 0 Å². The Morgan fingerprint density at radius 2 is 2.00 bits per heavy atom. The third-order valence-electron chi connectivity index (χ3n) is 4.35. The van der Waals surface area contributed by atoms with E-state index in [0.717, 1.165) is 18.2 Å². The number of rotatable bonds is 8. The van der Waals surface area contributed by atoms with Crippen LogP contribution in [0.25, 0.3) is 0 Å². The maximum atomic E-state index is 11.9. The van der Waals surface area contributed by atoms with Gasteiger partial charge in [-0.3, -0.25) is 9.48 Å². The Bertz CT molecular complexity index is 539. The zero-order valence-electron chi connectivity index (χ0n) is 15.3. The Hall–Kier alpha value is -1.32. The summed E-state index contributed by atoms with van der Waals surface area (Å²) in [5, 5.41) is 13.6. The van der Waals surface area contributed by atoms with Crippen molar-refractivity contribution in [1.82, 2.24) is 25.7 Å². The molecule has 1 heterocycles. The maximum Gasteiger partial charge on any atom is 0.220 e. The van der Waals surface area contributed by atoms with E-state index in [2.05, 4.69) is 26.0 Å². The first-order chi connectivity index (χ1) is 11.7.